The van der Waals surface area contributed by atoms with E-state index in [2.05, 4.69) is 46.8 Å². The third kappa shape index (κ3) is 5.29. The van der Waals surface area contributed by atoms with Crippen LogP contribution in [0.25, 0.3) is 0 Å². The zero-order valence-corrected chi connectivity index (χ0v) is 10.7. The number of hydrogen-bond donors (Lipinski definition) is 0. The van der Waals surface area contributed by atoms with Crippen LogP contribution >= 0.6 is 11.6 Å². The Hall–Kier alpha value is -0.490. The van der Waals surface area contributed by atoms with Gasteiger partial charge in [0, 0.05) is 5.03 Å². The minimum Gasteiger partial charge on any atom is -0.0844 e. The zero-order chi connectivity index (χ0) is 11.1. The Balaban J connectivity index is 4.53. The predicted molar refractivity (Wildman–Crippen MR) is 66.6 cm³/mol. The molecular formula is C13H21Cl. The second-order valence-electron chi connectivity index (χ2n) is 3.88. The van der Waals surface area contributed by atoms with E-state index in [-0.39, 0.29) is 0 Å². The highest BCUT2D eigenvalue weighted by Crippen LogP contribution is 2.18. The molecule has 0 heterocycles. The van der Waals surface area contributed by atoms with Crippen molar-refractivity contribution in [2.45, 2.75) is 41.0 Å². The SMILES string of the molecule is CC/C=C(C)/C=C\C(Cl)=C(/C)C(C)C. The minimum absolute atomic E-state index is 0.516. The van der Waals surface area contributed by atoms with E-state index in [4.69, 9.17) is 11.6 Å². The molecule has 1 heteroatoms. The number of hydrogen-bond acceptors (Lipinski definition) is 0. The number of allylic oxidation sites excluding steroid dienone is 6. The highest BCUT2D eigenvalue weighted by molar-refractivity contribution is 6.31. The molecule has 80 valence electrons. The first-order chi connectivity index (χ1) is 6.49. The molecule has 0 aliphatic heterocycles. The molecular weight excluding hydrogens is 192 g/mol. The maximum atomic E-state index is 6.14. The summed E-state index contributed by atoms with van der Waals surface area (Å²) in [5.41, 5.74) is 2.51. The van der Waals surface area contributed by atoms with Crippen LogP contribution in [0.15, 0.2) is 34.4 Å². The first-order valence-corrected chi connectivity index (χ1v) is 5.58. The average molecular weight is 213 g/mol. The topological polar surface area (TPSA) is 0 Å². The van der Waals surface area contributed by atoms with Gasteiger partial charge in [-0.05, 0) is 32.3 Å². The highest BCUT2D eigenvalue weighted by Gasteiger charge is 2.00. The Kier molecular flexibility index (Phi) is 6.65. The third-order valence-corrected chi connectivity index (χ3v) is 2.69. The Morgan fingerprint density at radius 3 is 2.21 bits per heavy atom. The zero-order valence-electron chi connectivity index (χ0n) is 9.89. The first kappa shape index (κ1) is 13.5. The van der Waals surface area contributed by atoms with E-state index in [0.717, 1.165) is 11.5 Å². The third-order valence-electron chi connectivity index (χ3n) is 2.26. The quantitative estimate of drug-likeness (QED) is 0.571. The van der Waals surface area contributed by atoms with Gasteiger partial charge in [-0.25, -0.2) is 0 Å². The van der Waals surface area contributed by atoms with E-state index in [9.17, 15) is 0 Å². The maximum absolute atomic E-state index is 6.14. The summed E-state index contributed by atoms with van der Waals surface area (Å²) in [5, 5.41) is 0.865. The molecule has 0 bridgehead atoms. The van der Waals surface area contributed by atoms with Crippen LogP contribution in [0.4, 0.5) is 0 Å². The van der Waals surface area contributed by atoms with Gasteiger partial charge in [-0.2, -0.15) is 0 Å². The first-order valence-electron chi connectivity index (χ1n) is 5.20. The lowest BCUT2D eigenvalue weighted by molar-refractivity contribution is 0.767. The molecule has 0 aromatic rings. The summed E-state index contributed by atoms with van der Waals surface area (Å²) in [5.74, 6) is 0.516. The van der Waals surface area contributed by atoms with Gasteiger partial charge in [0.2, 0.25) is 0 Å². The van der Waals surface area contributed by atoms with Crippen LogP contribution in [0.2, 0.25) is 0 Å². The molecule has 0 aliphatic rings. The molecule has 0 amide bonds. The molecule has 0 spiro atoms. The summed E-state index contributed by atoms with van der Waals surface area (Å²) in [6.45, 7) is 10.6. The molecule has 0 saturated heterocycles. The maximum Gasteiger partial charge on any atom is 0.0397 e. The van der Waals surface area contributed by atoms with Gasteiger partial charge >= 0.3 is 0 Å². The molecule has 0 nitrogen and oxygen atoms in total. The van der Waals surface area contributed by atoms with E-state index < -0.39 is 0 Å². The van der Waals surface area contributed by atoms with Crippen molar-refractivity contribution in [1.29, 1.82) is 0 Å². The van der Waals surface area contributed by atoms with Crippen molar-refractivity contribution < 1.29 is 0 Å². The predicted octanol–water partition coefficient (Wildman–Crippen LogP) is 5.07. The van der Waals surface area contributed by atoms with Gasteiger partial charge in [0.1, 0.15) is 0 Å². The van der Waals surface area contributed by atoms with Gasteiger partial charge in [-0.1, -0.05) is 55.7 Å². The van der Waals surface area contributed by atoms with E-state index in [1.54, 1.807) is 0 Å². The van der Waals surface area contributed by atoms with Crippen molar-refractivity contribution in [3.8, 4) is 0 Å². The molecule has 0 fully saturated rings. The standard InChI is InChI=1S/C13H21Cl/c1-6-7-11(4)8-9-13(14)12(5)10(2)3/h7-10H,6H2,1-5H3/b9-8-,11-7+,13-12-. The normalized spacial score (nSPS) is 15.2. The molecule has 0 N–H and O–H groups in total. The molecule has 0 aromatic carbocycles. The van der Waals surface area contributed by atoms with Crippen LogP contribution < -0.4 is 0 Å². The van der Waals surface area contributed by atoms with Gasteiger partial charge in [-0.3, -0.25) is 0 Å². The fourth-order valence-electron chi connectivity index (χ4n) is 1.00. The van der Waals surface area contributed by atoms with Crippen LogP contribution in [0.1, 0.15) is 41.0 Å². The van der Waals surface area contributed by atoms with E-state index in [1.807, 2.05) is 6.08 Å². The Bertz CT molecular complexity index is 254. The highest BCUT2D eigenvalue weighted by atomic mass is 35.5. The van der Waals surface area contributed by atoms with E-state index in [1.165, 1.54) is 11.1 Å². The summed E-state index contributed by atoms with van der Waals surface area (Å²) >= 11 is 6.14. The van der Waals surface area contributed by atoms with Gasteiger partial charge < -0.3 is 0 Å². The van der Waals surface area contributed by atoms with Crippen molar-refractivity contribution in [1.82, 2.24) is 0 Å². The van der Waals surface area contributed by atoms with E-state index >= 15 is 0 Å². The van der Waals surface area contributed by atoms with Crippen LogP contribution in [-0.2, 0) is 0 Å². The lowest BCUT2D eigenvalue weighted by atomic mass is 10.0. The molecule has 0 unspecified atom stereocenters. The molecule has 14 heavy (non-hydrogen) atoms. The Labute approximate surface area is 93.4 Å². The van der Waals surface area contributed by atoms with Crippen LogP contribution in [0.3, 0.4) is 0 Å². The summed E-state index contributed by atoms with van der Waals surface area (Å²) < 4.78 is 0. The van der Waals surface area contributed by atoms with Crippen molar-refractivity contribution >= 4 is 11.6 Å². The molecule has 0 aliphatic carbocycles. The Morgan fingerprint density at radius 1 is 1.21 bits per heavy atom. The van der Waals surface area contributed by atoms with Crippen LogP contribution in [0.5, 0.6) is 0 Å². The second-order valence-corrected chi connectivity index (χ2v) is 4.28. The molecule has 0 aromatic heterocycles. The largest absolute Gasteiger partial charge is 0.0844 e. The van der Waals surface area contributed by atoms with E-state index in [0.29, 0.717) is 5.92 Å². The van der Waals surface area contributed by atoms with Crippen molar-refractivity contribution in [3.05, 3.63) is 34.4 Å². The van der Waals surface area contributed by atoms with Crippen molar-refractivity contribution in [2.24, 2.45) is 5.92 Å². The second kappa shape index (κ2) is 6.89. The van der Waals surface area contributed by atoms with Gasteiger partial charge in [0.15, 0.2) is 0 Å². The lowest BCUT2D eigenvalue weighted by Crippen LogP contribution is -1.90. The summed E-state index contributed by atoms with van der Waals surface area (Å²) in [6, 6.07) is 0. The van der Waals surface area contributed by atoms with Gasteiger partial charge in [0.05, 0.1) is 0 Å². The minimum atomic E-state index is 0.516. The average Bonchev–Trinajstić information content (AvgIpc) is 2.13. The Morgan fingerprint density at radius 2 is 1.79 bits per heavy atom. The summed E-state index contributed by atoms with van der Waals surface area (Å²) in [6.07, 6.45) is 7.31. The smallest absolute Gasteiger partial charge is 0.0397 e. The monoisotopic (exact) mass is 212 g/mol. The van der Waals surface area contributed by atoms with Crippen LogP contribution in [0, 0.1) is 5.92 Å². The number of rotatable bonds is 4. The summed E-state index contributed by atoms with van der Waals surface area (Å²) in [4.78, 5) is 0. The van der Waals surface area contributed by atoms with Crippen molar-refractivity contribution in [2.75, 3.05) is 0 Å². The lowest BCUT2D eigenvalue weighted by Gasteiger charge is -2.05. The molecule has 0 saturated carbocycles. The van der Waals surface area contributed by atoms with Gasteiger partial charge in [-0.15, -0.1) is 0 Å². The van der Waals surface area contributed by atoms with Crippen LogP contribution in [-0.4, -0.2) is 0 Å². The summed E-state index contributed by atoms with van der Waals surface area (Å²) in [7, 11) is 0. The molecule has 0 atom stereocenters. The fourth-order valence-corrected chi connectivity index (χ4v) is 1.28. The fraction of sp³-hybridized carbons (Fsp3) is 0.538. The molecule has 0 rings (SSSR count). The van der Waals surface area contributed by atoms with Crippen molar-refractivity contribution in [3.63, 3.8) is 0 Å². The van der Waals surface area contributed by atoms with Gasteiger partial charge in [0.25, 0.3) is 0 Å². The number of halogens is 1. The molecule has 0 radical (unpaired) electrons.